The standard InChI is InChI=1S/C34H20ClN3/c35-33-37-31(21-10-2-1-3-11-21)36-32(38-33)22-18-19-30-26(20-22)25-14-6-9-17-29(25)34(30)27-15-7-4-12-23(27)24-13-5-8-16-28(24)34/h1-20H. The first-order valence-electron chi connectivity index (χ1n) is 12.7. The van der Waals surface area contributed by atoms with Crippen LogP contribution in [0.2, 0.25) is 5.28 Å². The summed E-state index contributed by atoms with van der Waals surface area (Å²) in [5, 5.41) is 0.185. The zero-order valence-corrected chi connectivity index (χ0v) is 21.0. The molecule has 38 heavy (non-hydrogen) atoms. The monoisotopic (exact) mass is 505 g/mol. The molecule has 1 aromatic heterocycles. The van der Waals surface area contributed by atoms with Gasteiger partial charge in [-0.3, -0.25) is 0 Å². The number of rotatable bonds is 2. The third kappa shape index (κ3) is 2.82. The van der Waals surface area contributed by atoms with Crippen molar-refractivity contribution >= 4 is 11.6 Å². The average molecular weight is 506 g/mol. The van der Waals surface area contributed by atoms with Gasteiger partial charge in [-0.25, -0.2) is 4.98 Å². The number of aromatic nitrogens is 3. The minimum atomic E-state index is -0.358. The molecule has 0 atom stereocenters. The van der Waals surface area contributed by atoms with E-state index in [2.05, 4.69) is 101 Å². The summed E-state index contributed by atoms with van der Waals surface area (Å²) in [6.07, 6.45) is 0. The summed E-state index contributed by atoms with van der Waals surface area (Å²) >= 11 is 6.40. The second-order valence-electron chi connectivity index (χ2n) is 9.76. The highest BCUT2D eigenvalue weighted by Crippen LogP contribution is 2.62. The molecule has 0 N–H and O–H groups in total. The molecule has 2 aliphatic carbocycles. The Morgan fingerprint density at radius 1 is 0.421 bits per heavy atom. The number of hydrogen-bond acceptors (Lipinski definition) is 3. The minimum absolute atomic E-state index is 0.185. The second-order valence-corrected chi connectivity index (χ2v) is 10.1. The van der Waals surface area contributed by atoms with Crippen LogP contribution in [0.5, 0.6) is 0 Å². The van der Waals surface area contributed by atoms with Crippen LogP contribution in [-0.4, -0.2) is 15.0 Å². The van der Waals surface area contributed by atoms with E-state index in [1.807, 2.05) is 30.3 Å². The molecule has 4 heteroatoms. The zero-order chi connectivity index (χ0) is 25.3. The Bertz CT molecular complexity index is 1850. The lowest BCUT2D eigenvalue weighted by molar-refractivity contribution is 0.794. The van der Waals surface area contributed by atoms with Gasteiger partial charge in [0.1, 0.15) is 0 Å². The van der Waals surface area contributed by atoms with Crippen LogP contribution in [0, 0.1) is 0 Å². The fourth-order valence-corrected chi connectivity index (χ4v) is 6.59. The van der Waals surface area contributed by atoms with E-state index in [1.165, 1.54) is 44.5 Å². The summed E-state index contributed by atoms with van der Waals surface area (Å²) in [7, 11) is 0. The number of halogens is 1. The van der Waals surface area contributed by atoms with Gasteiger partial charge in [-0.05, 0) is 62.2 Å². The van der Waals surface area contributed by atoms with Gasteiger partial charge in [0.15, 0.2) is 11.6 Å². The fraction of sp³-hybridized carbons (Fsp3) is 0.0294. The van der Waals surface area contributed by atoms with E-state index in [1.54, 1.807) is 0 Å². The number of benzene rings is 5. The van der Waals surface area contributed by atoms with Crippen molar-refractivity contribution in [3.63, 3.8) is 0 Å². The summed E-state index contributed by atoms with van der Waals surface area (Å²) < 4.78 is 0. The molecule has 0 saturated heterocycles. The molecule has 6 aromatic rings. The fourth-order valence-electron chi connectivity index (χ4n) is 6.43. The molecule has 0 saturated carbocycles. The Hall–Kier alpha value is -4.60. The van der Waals surface area contributed by atoms with E-state index >= 15 is 0 Å². The molecule has 3 nitrogen and oxygen atoms in total. The van der Waals surface area contributed by atoms with Crippen molar-refractivity contribution in [2.75, 3.05) is 0 Å². The normalized spacial score (nSPS) is 13.6. The van der Waals surface area contributed by atoms with E-state index in [4.69, 9.17) is 16.6 Å². The van der Waals surface area contributed by atoms with E-state index in [-0.39, 0.29) is 10.7 Å². The van der Waals surface area contributed by atoms with Crippen LogP contribution < -0.4 is 0 Å². The SMILES string of the molecule is Clc1nc(-c2ccccc2)nc(-c2ccc3c(c2)-c2ccccc2C32c3ccccc3-c3ccccc32)n1. The van der Waals surface area contributed by atoms with Gasteiger partial charge in [0, 0.05) is 11.1 Å². The molecule has 1 heterocycles. The molecule has 0 unspecified atom stereocenters. The molecular formula is C34H20ClN3. The third-order valence-corrected chi connectivity index (χ3v) is 8.06. The smallest absolute Gasteiger partial charge is 0.208 e. The van der Waals surface area contributed by atoms with Crippen LogP contribution in [0.1, 0.15) is 22.3 Å². The molecule has 2 aliphatic rings. The molecule has 5 aromatic carbocycles. The highest BCUT2D eigenvalue weighted by molar-refractivity contribution is 6.28. The number of hydrogen-bond donors (Lipinski definition) is 0. The van der Waals surface area contributed by atoms with Crippen LogP contribution in [-0.2, 0) is 5.41 Å². The molecule has 0 bridgehead atoms. The predicted octanol–water partition coefficient (Wildman–Crippen LogP) is 8.20. The number of nitrogens with zero attached hydrogens (tertiary/aromatic N) is 3. The lowest BCUT2D eigenvalue weighted by atomic mass is 9.70. The summed E-state index contributed by atoms with van der Waals surface area (Å²) in [6, 6.07) is 42.9. The Morgan fingerprint density at radius 2 is 0.895 bits per heavy atom. The first-order chi connectivity index (χ1) is 18.7. The van der Waals surface area contributed by atoms with Gasteiger partial charge in [-0.15, -0.1) is 0 Å². The highest BCUT2D eigenvalue weighted by atomic mass is 35.5. The van der Waals surface area contributed by atoms with E-state index in [0.717, 1.165) is 11.1 Å². The van der Waals surface area contributed by atoms with Gasteiger partial charge in [0.2, 0.25) is 5.28 Å². The Kier molecular flexibility index (Phi) is 4.49. The minimum Gasteiger partial charge on any atom is -0.208 e. The van der Waals surface area contributed by atoms with Crippen molar-refractivity contribution in [2.24, 2.45) is 0 Å². The van der Waals surface area contributed by atoms with Crippen molar-refractivity contribution < 1.29 is 0 Å². The Labute approximate surface area is 225 Å². The van der Waals surface area contributed by atoms with Gasteiger partial charge >= 0.3 is 0 Å². The van der Waals surface area contributed by atoms with E-state index < -0.39 is 0 Å². The van der Waals surface area contributed by atoms with Crippen molar-refractivity contribution in [3.05, 3.63) is 149 Å². The van der Waals surface area contributed by atoms with Gasteiger partial charge in [-0.2, -0.15) is 9.97 Å². The number of fused-ring (bicyclic) bond motifs is 10. The zero-order valence-electron chi connectivity index (χ0n) is 20.3. The lowest BCUT2D eigenvalue weighted by Gasteiger charge is -2.30. The quantitative estimate of drug-likeness (QED) is 0.237. The molecule has 0 amide bonds. The van der Waals surface area contributed by atoms with Crippen LogP contribution in [0.15, 0.2) is 121 Å². The Morgan fingerprint density at radius 3 is 1.50 bits per heavy atom. The maximum absolute atomic E-state index is 6.40. The van der Waals surface area contributed by atoms with Gasteiger partial charge < -0.3 is 0 Å². The lowest BCUT2D eigenvalue weighted by Crippen LogP contribution is -2.25. The molecular weight excluding hydrogens is 486 g/mol. The van der Waals surface area contributed by atoms with E-state index in [9.17, 15) is 0 Å². The van der Waals surface area contributed by atoms with Crippen LogP contribution in [0.4, 0.5) is 0 Å². The van der Waals surface area contributed by atoms with Crippen molar-refractivity contribution in [1.29, 1.82) is 0 Å². The molecule has 0 aliphatic heterocycles. The van der Waals surface area contributed by atoms with Crippen LogP contribution in [0.3, 0.4) is 0 Å². The van der Waals surface area contributed by atoms with Crippen LogP contribution >= 0.6 is 11.6 Å². The summed E-state index contributed by atoms with van der Waals surface area (Å²) in [5.41, 5.74) is 11.7. The molecule has 0 radical (unpaired) electrons. The maximum Gasteiger partial charge on any atom is 0.226 e. The maximum atomic E-state index is 6.40. The molecule has 8 rings (SSSR count). The van der Waals surface area contributed by atoms with Crippen molar-refractivity contribution in [2.45, 2.75) is 5.41 Å². The molecule has 0 fully saturated rings. The third-order valence-electron chi connectivity index (χ3n) is 7.90. The second kappa shape index (κ2) is 7.95. The first-order valence-corrected chi connectivity index (χ1v) is 13.0. The summed E-state index contributed by atoms with van der Waals surface area (Å²) in [6.45, 7) is 0. The molecule has 178 valence electrons. The first kappa shape index (κ1) is 21.5. The van der Waals surface area contributed by atoms with Crippen molar-refractivity contribution in [1.82, 2.24) is 15.0 Å². The Balaban J connectivity index is 1.39. The average Bonchev–Trinajstić information content (AvgIpc) is 3.44. The van der Waals surface area contributed by atoms with E-state index in [0.29, 0.717) is 11.6 Å². The summed E-state index contributed by atoms with van der Waals surface area (Å²) in [5.74, 6) is 1.13. The highest BCUT2D eigenvalue weighted by Gasteiger charge is 2.51. The van der Waals surface area contributed by atoms with Crippen molar-refractivity contribution in [3.8, 4) is 45.0 Å². The predicted molar refractivity (Wildman–Crippen MR) is 152 cm³/mol. The van der Waals surface area contributed by atoms with Crippen LogP contribution in [0.25, 0.3) is 45.0 Å². The van der Waals surface area contributed by atoms with Gasteiger partial charge in [0.25, 0.3) is 0 Å². The summed E-state index contributed by atoms with van der Waals surface area (Å²) in [4.78, 5) is 13.7. The van der Waals surface area contributed by atoms with Gasteiger partial charge in [-0.1, -0.05) is 115 Å². The molecule has 1 spiro atoms. The topological polar surface area (TPSA) is 38.7 Å². The largest absolute Gasteiger partial charge is 0.226 e. The van der Waals surface area contributed by atoms with Gasteiger partial charge in [0.05, 0.1) is 5.41 Å².